The third kappa shape index (κ3) is 5.33. The average Bonchev–Trinajstić information content (AvgIpc) is 2.41. The molecule has 1 rings (SSSR count). The van der Waals surface area contributed by atoms with Crippen LogP contribution in [0.5, 0.6) is 11.5 Å². The quantitative estimate of drug-likeness (QED) is 0.702. The Bertz CT molecular complexity index is 368. The summed E-state index contributed by atoms with van der Waals surface area (Å²) in [6.07, 6.45) is 0.326. The van der Waals surface area contributed by atoms with Crippen LogP contribution in [0.4, 0.5) is 0 Å². The van der Waals surface area contributed by atoms with Crippen LogP contribution in [-0.2, 0) is 0 Å². The molecular formula is C15H24O3S. The predicted octanol–water partition coefficient (Wildman–Crippen LogP) is 3.66. The topological polar surface area (TPSA) is 38.7 Å². The first-order chi connectivity index (χ1) is 9.22. The third-order valence-electron chi connectivity index (χ3n) is 2.69. The van der Waals surface area contributed by atoms with Crippen LogP contribution in [0.15, 0.2) is 18.2 Å². The van der Waals surface area contributed by atoms with Crippen molar-refractivity contribution in [3.8, 4) is 11.5 Å². The standard InChI is InChI=1S/C15H24O3S/c1-4-17-14-8-7-12(11-15(14)18-5-2)13(16)9-10-19-6-3/h7-8,11,13,16H,4-6,9-10H2,1-3H3. The van der Waals surface area contributed by atoms with Crippen LogP contribution in [0.2, 0.25) is 0 Å². The maximum atomic E-state index is 10.2. The van der Waals surface area contributed by atoms with Gasteiger partial charge in [-0.15, -0.1) is 0 Å². The van der Waals surface area contributed by atoms with Crippen molar-refractivity contribution in [1.29, 1.82) is 0 Å². The van der Waals surface area contributed by atoms with Gasteiger partial charge in [0.15, 0.2) is 11.5 Å². The van der Waals surface area contributed by atoms with Gasteiger partial charge in [0.2, 0.25) is 0 Å². The van der Waals surface area contributed by atoms with Crippen LogP contribution in [-0.4, -0.2) is 29.8 Å². The number of benzene rings is 1. The monoisotopic (exact) mass is 284 g/mol. The van der Waals surface area contributed by atoms with E-state index in [1.807, 2.05) is 43.8 Å². The van der Waals surface area contributed by atoms with E-state index in [1.54, 1.807) is 0 Å². The van der Waals surface area contributed by atoms with Crippen molar-refractivity contribution in [3.63, 3.8) is 0 Å². The molecule has 0 aromatic heterocycles. The molecule has 0 spiro atoms. The van der Waals surface area contributed by atoms with Crippen molar-refractivity contribution in [2.45, 2.75) is 33.3 Å². The molecule has 0 saturated heterocycles. The van der Waals surface area contributed by atoms with Crippen LogP contribution >= 0.6 is 11.8 Å². The average molecular weight is 284 g/mol. The number of rotatable bonds is 9. The smallest absolute Gasteiger partial charge is 0.161 e. The molecule has 0 bridgehead atoms. The van der Waals surface area contributed by atoms with E-state index in [4.69, 9.17) is 9.47 Å². The van der Waals surface area contributed by atoms with Crippen molar-refractivity contribution in [2.24, 2.45) is 0 Å². The zero-order chi connectivity index (χ0) is 14.1. The van der Waals surface area contributed by atoms with Crippen molar-refractivity contribution >= 4 is 11.8 Å². The molecule has 1 N–H and O–H groups in total. The van der Waals surface area contributed by atoms with Crippen molar-refractivity contribution in [2.75, 3.05) is 24.7 Å². The van der Waals surface area contributed by atoms with Gasteiger partial charge in [0, 0.05) is 0 Å². The molecule has 0 radical (unpaired) electrons. The summed E-state index contributed by atoms with van der Waals surface area (Å²) >= 11 is 1.84. The summed E-state index contributed by atoms with van der Waals surface area (Å²) in [4.78, 5) is 0. The van der Waals surface area contributed by atoms with E-state index in [1.165, 1.54) is 0 Å². The molecule has 1 aromatic carbocycles. The second-order valence-electron chi connectivity index (χ2n) is 4.07. The van der Waals surface area contributed by atoms with Gasteiger partial charge in [-0.25, -0.2) is 0 Å². The van der Waals surface area contributed by atoms with Crippen LogP contribution < -0.4 is 9.47 Å². The number of ether oxygens (including phenoxy) is 2. The summed E-state index contributed by atoms with van der Waals surface area (Å²) in [6, 6.07) is 5.67. The van der Waals surface area contributed by atoms with Gasteiger partial charge < -0.3 is 14.6 Å². The Morgan fingerprint density at radius 1 is 1.11 bits per heavy atom. The summed E-state index contributed by atoms with van der Waals surface area (Å²) in [6.45, 7) is 7.21. The normalized spacial score (nSPS) is 12.2. The largest absolute Gasteiger partial charge is 0.490 e. The number of thioether (sulfide) groups is 1. The minimum Gasteiger partial charge on any atom is -0.490 e. The second-order valence-corrected chi connectivity index (χ2v) is 5.47. The van der Waals surface area contributed by atoms with Gasteiger partial charge >= 0.3 is 0 Å². The predicted molar refractivity (Wildman–Crippen MR) is 81.4 cm³/mol. The Morgan fingerprint density at radius 2 is 1.79 bits per heavy atom. The molecule has 1 aromatic rings. The molecule has 0 amide bonds. The number of hydrogen-bond donors (Lipinski definition) is 1. The molecule has 4 heteroatoms. The summed E-state index contributed by atoms with van der Waals surface area (Å²) in [7, 11) is 0. The second kappa shape index (κ2) is 9.10. The molecular weight excluding hydrogens is 260 g/mol. The molecule has 0 aliphatic carbocycles. The highest BCUT2D eigenvalue weighted by molar-refractivity contribution is 7.99. The highest BCUT2D eigenvalue weighted by Gasteiger charge is 2.12. The van der Waals surface area contributed by atoms with Crippen LogP contribution in [0.3, 0.4) is 0 Å². The Labute approximate surface area is 120 Å². The lowest BCUT2D eigenvalue weighted by atomic mass is 10.1. The zero-order valence-electron chi connectivity index (χ0n) is 12.0. The van der Waals surface area contributed by atoms with Gasteiger partial charge in [-0.1, -0.05) is 13.0 Å². The molecule has 1 unspecified atom stereocenters. The van der Waals surface area contributed by atoms with Gasteiger partial charge in [-0.05, 0) is 49.5 Å². The van der Waals surface area contributed by atoms with E-state index in [2.05, 4.69) is 6.92 Å². The lowest BCUT2D eigenvalue weighted by molar-refractivity contribution is 0.174. The number of hydrogen-bond acceptors (Lipinski definition) is 4. The third-order valence-corrected chi connectivity index (χ3v) is 3.62. The lowest BCUT2D eigenvalue weighted by Crippen LogP contribution is -2.03. The van der Waals surface area contributed by atoms with E-state index in [0.717, 1.165) is 29.2 Å². The Balaban J connectivity index is 2.75. The molecule has 0 aliphatic rings. The first kappa shape index (κ1) is 16.2. The number of aliphatic hydroxyl groups is 1. The van der Waals surface area contributed by atoms with E-state index in [-0.39, 0.29) is 0 Å². The SMILES string of the molecule is CCOc1ccc(C(O)CCSCC)cc1OCC. The minimum absolute atomic E-state index is 0.436. The van der Waals surface area contributed by atoms with E-state index in [0.29, 0.717) is 19.0 Å². The molecule has 3 nitrogen and oxygen atoms in total. The fourth-order valence-electron chi connectivity index (χ4n) is 1.78. The number of aliphatic hydroxyl groups excluding tert-OH is 1. The maximum absolute atomic E-state index is 10.2. The molecule has 0 saturated carbocycles. The van der Waals surface area contributed by atoms with Gasteiger partial charge in [0.1, 0.15) is 0 Å². The Morgan fingerprint density at radius 3 is 2.42 bits per heavy atom. The van der Waals surface area contributed by atoms with Gasteiger partial charge in [-0.2, -0.15) is 11.8 Å². The van der Waals surface area contributed by atoms with Crippen LogP contribution in [0.25, 0.3) is 0 Å². The Kier molecular flexibility index (Phi) is 7.75. The molecule has 19 heavy (non-hydrogen) atoms. The van der Waals surface area contributed by atoms with Crippen molar-refractivity contribution in [1.82, 2.24) is 0 Å². The molecule has 0 fully saturated rings. The summed E-state index contributed by atoms with van der Waals surface area (Å²) < 4.78 is 11.1. The van der Waals surface area contributed by atoms with Crippen LogP contribution in [0.1, 0.15) is 38.9 Å². The highest BCUT2D eigenvalue weighted by Crippen LogP contribution is 2.31. The summed E-state index contributed by atoms with van der Waals surface area (Å²) in [5, 5.41) is 10.2. The van der Waals surface area contributed by atoms with Gasteiger partial charge in [0.05, 0.1) is 19.3 Å². The van der Waals surface area contributed by atoms with E-state index in [9.17, 15) is 5.11 Å². The highest BCUT2D eigenvalue weighted by atomic mass is 32.2. The first-order valence-electron chi connectivity index (χ1n) is 6.88. The van der Waals surface area contributed by atoms with E-state index < -0.39 is 6.10 Å². The zero-order valence-corrected chi connectivity index (χ0v) is 12.8. The van der Waals surface area contributed by atoms with Crippen molar-refractivity contribution < 1.29 is 14.6 Å². The van der Waals surface area contributed by atoms with E-state index >= 15 is 0 Å². The van der Waals surface area contributed by atoms with Crippen LogP contribution in [0, 0.1) is 0 Å². The van der Waals surface area contributed by atoms with Gasteiger partial charge in [0.25, 0.3) is 0 Å². The van der Waals surface area contributed by atoms with Crippen molar-refractivity contribution in [3.05, 3.63) is 23.8 Å². The Hall–Kier alpha value is -0.870. The molecule has 0 aliphatic heterocycles. The minimum atomic E-state index is -0.436. The summed E-state index contributed by atoms with van der Waals surface area (Å²) in [5.41, 5.74) is 0.892. The molecule has 1 atom stereocenters. The lowest BCUT2D eigenvalue weighted by Gasteiger charge is -2.15. The fraction of sp³-hybridized carbons (Fsp3) is 0.600. The molecule has 108 valence electrons. The maximum Gasteiger partial charge on any atom is 0.161 e. The summed E-state index contributed by atoms with van der Waals surface area (Å²) in [5.74, 6) is 3.50. The molecule has 0 heterocycles. The fourth-order valence-corrected chi connectivity index (χ4v) is 2.46. The van der Waals surface area contributed by atoms with Gasteiger partial charge in [-0.3, -0.25) is 0 Å². The first-order valence-corrected chi connectivity index (χ1v) is 8.03.